The molecule has 0 atom stereocenters. The van der Waals surface area contributed by atoms with Crippen LogP contribution in [0.2, 0.25) is 0 Å². The highest BCUT2D eigenvalue weighted by atomic mass is 32.1. The van der Waals surface area contributed by atoms with Crippen LogP contribution in [0.5, 0.6) is 0 Å². The van der Waals surface area contributed by atoms with Crippen molar-refractivity contribution in [3.63, 3.8) is 0 Å². The molecule has 0 aliphatic carbocycles. The Hall–Kier alpha value is -1.14. The number of thiocarbonyl (C=S) groups is 1. The number of halogens is 3. The van der Waals surface area contributed by atoms with Gasteiger partial charge in [-0.15, -0.1) is 0 Å². The zero-order valence-corrected chi connectivity index (χ0v) is 12.7. The van der Waals surface area contributed by atoms with Gasteiger partial charge in [0.15, 0.2) is 0 Å². The minimum atomic E-state index is -4.06. The van der Waals surface area contributed by atoms with Gasteiger partial charge < -0.3 is 5.73 Å². The molecule has 1 aliphatic rings. The smallest absolute Gasteiger partial charge is 0.389 e. The van der Waals surface area contributed by atoms with Crippen LogP contribution in [0, 0.1) is 12.8 Å². The molecule has 116 valence electrons. The first kappa shape index (κ1) is 16.2. The summed E-state index contributed by atoms with van der Waals surface area (Å²) in [4.78, 5) is 2.43. The summed E-state index contributed by atoms with van der Waals surface area (Å²) < 4.78 is 37.9. The van der Waals surface area contributed by atoms with E-state index in [1.807, 2.05) is 25.1 Å². The quantitative estimate of drug-likeness (QED) is 0.867. The molecular weight excluding hydrogens is 297 g/mol. The van der Waals surface area contributed by atoms with E-state index in [-0.39, 0.29) is 12.8 Å². The first-order valence-electron chi connectivity index (χ1n) is 6.96. The maximum Gasteiger partial charge on any atom is 0.391 e. The van der Waals surface area contributed by atoms with Crippen LogP contribution < -0.4 is 5.73 Å². The molecule has 0 spiro atoms. The van der Waals surface area contributed by atoms with Gasteiger partial charge in [-0.25, -0.2) is 0 Å². The van der Waals surface area contributed by atoms with Crippen LogP contribution in [0.1, 0.15) is 29.5 Å². The topological polar surface area (TPSA) is 29.3 Å². The molecule has 0 bridgehead atoms. The van der Waals surface area contributed by atoms with E-state index in [0.717, 1.165) is 16.7 Å². The molecule has 1 aromatic carbocycles. The Balaban J connectivity index is 1.96. The largest absolute Gasteiger partial charge is 0.391 e. The van der Waals surface area contributed by atoms with Gasteiger partial charge in [-0.05, 0) is 50.0 Å². The van der Waals surface area contributed by atoms with Crippen LogP contribution in [0.25, 0.3) is 0 Å². The molecule has 0 amide bonds. The Kier molecular flexibility index (Phi) is 4.88. The Bertz CT molecular complexity index is 520. The Morgan fingerprint density at radius 3 is 2.43 bits per heavy atom. The second-order valence-electron chi connectivity index (χ2n) is 5.60. The molecule has 1 aliphatic heterocycles. The highest BCUT2D eigenvalue weighted by Crippen LogP contribution is 2.34. The van der Waals surface area contributed by atoms with E-state index in [1.54, 1.807) is 0 Å². The first-order chi connectivity index (χ1) is 9.77. The van der Waals surface area contributed by atoms with Crippen LogP contribution in [-0.2, 0) is 6.54 Å². The average molecular weight is 316 g/mol. The molecular formula is C15H19F3N2S. The zero-order chi connectivity index (χ0) is 15.6. The van der Waals surface area contributed by atoms with Crippen molar-refractivity contribution < 1.29 is 13.2 Å². The van der Waals surface area contributed by atoms with Gasteiger partial charge >= 0.3 is 6.18 Å². The Morgan fingerprint density at radius 1 is 1.33 bits per heavy atom. The number of hydrogen-bond donors (Lipinski definition) is 1. The number of rotatable bonds is 3. The standard InChI is InChI=1S/C15H19F3N2S/c1-10-8-11(14(19)21)2-3-12(10)9-20-6-4-13(5-7-20)15(16,17)18/h2-3,8,13H,4-7,9H2,1H3,(H2,19,21). The van der Waals surface area contributed by atoms with Crippen molar-refractivity contribution in [2.45, 2.75) is 32.5 Å². The molecule has 0 saturated carbocycles. The van der Waals surface area contributed by atoms with Gasteiger partial charge in [0, 0.05) is 12.1 Å². The lowest BCUT2D eigenvalue weighted by atomic mass is 9.95. The van der Waals surface area contributed by atoms with Crippen LogP contribution in [-0.4, -0.2) is 29.2 Å². The lowest BCUT2D eigenvalue weighted by Crippen LogP contribution is -2.38. The number of piperidine rings is 1. The number of aryl methyl sites for hydroxylation is 1. The molecule has 0 radical (unpaired) electrons. The van der Waals surface area contributed by atoms with Crippen molar-refractivity contribution in [3.8, 4) is 0 Å². The van der Waals surface area contributed by atoms with Crippen LogP contribution >= 0.6 is 12.2 Å². The summed E-state index contributed by atoms with van der Waals surface area (Å²) in [6.45, 7) is 3.62. The lowest BCUT2D eigenvalue weighted by molar-refractivity contribution is -0.185. The van der Waals surface area contributed by atoms with Gasteiger partial charge in [-0.3, -0.25) is 4.90 Å². The van der Waals surface area contributed by atoms with E-state index in [0.29, 0.717) is 24.6 Å². The number of likely N-dealkylation sites (tertiary alicyclic amines) is 1. The van der Waals surface area contributed by atoms with E-state index >= 15 is 0 Å². The maximum absolute atomic E-state index is 12.6. The molecule has 1 aromatic rings. The Morgan fingerprint density at radius 2 is 1.95 bits per heavy atom. The van der Waals surface area contributed by atoms with Crippen molar-refractivity contribution >= 4 is 17.2 Å². The lowest BCUT2D eigenvalue weighted by Gasteiger charge is -2.33. The monoisotopic (exact) mass is 316 g/mol. The molecule has 1 fully saturated rings. The maximum atomic E-state index is 12.6. The predicted molar refractivity (Wildman–Crippen MR) is 81.1 cm³/mol. The molecule has 0 unspecified atom stereocenters. The van der Waals surface area contributed by atoms with Crippen molar-refractivity contribution in [2.24, 2.45) is 11.7 Å². The molecule has 2 rings (SSSR count). The van der Waals surface area contributed by atoms with E-state index in [2.05, 4.69) is 4.90 Å². The zero-order valence-electron chi connectivity index (χ0n) is 11.9. The molecule has 1 heterocycles. The number of nitrogens with zero attached hydrogens (tertiary/aromatic N) is 1. The molecule has 2 N–H and O–H groups in total. The Labute approximate surface area is 128 Å². The highest BCUT2D eigenvalue weighted by molar-refractivity contribution is 7.80. The molecule has 21 heavy (non-hydrogen) atoms. The van der Waals surface area contributed by atoms with Crippen molar-refractivity contribution in [1.29, 1.82) is 0 Å². The van der Waals surface area contributed by atoms with Crippen LogP contribution in [0.15, 0.2) is 18.2 Å². The third-order valence-corrected chi connectivity index (χ3v) is 4.31. The van der Waals surface area contributed by atoms with Gasteiger partial charge in [-0.1, -0.05) is 24.4 Å². The molecule has 6 heteroatoms. The third kappa shape index (κ3) is 4.17. The summed E-state index contributed by atoms with van der Waals surface area (Å²) in [5.41, 5.74) is 8.59. The first-order valence-corrected chi connectivity index (χ1v) is 7.36. The minimum absolute atomic E-state index is 0.188. The summed E-state index contributed by atoms with van der Waals surface area (Å²) in [5.74, 6) is -1.15. The van der Waals surface area contributed by atoms with Gasteiger partial charge in [0.2, 0.25) is 0 Å². The molecule has 1 saturated heterocycles. The second kappa shape index (κ2) is 6.32. The number of hydrogen-bond acceptors (Lipinski definition) is 2. The molecule has 0 aromatic heterocycles. The summed E-state index contributed by atoms with van der Waals surface area (Å²) in [7, 11) is 0. The predicted octanol–water partition coefficient (Wildman–Crippen LogP) is 3.40. The van der Waals surface area contributed by atoms with Gasteiger partial charge in [-0.2, -0.15) is 13.2 Å². The fourth-order valence-electron chi connectivity index (χ4n) is 2.69. The van der Waals surface area contributed by atoms with Gasteiger partial charge in [0.05, 0.1) is 5.92 Å². The van der Waals surface area contributed by atoms with E-state index in [1.165, 1.54) is 0 Å². The summed E-state index contributed by atoms with van der Waals surface area (Å²) in [5, 5.41) is 0. The SMILES string of the molecule is Cc1cc(C(N)=S)ccc1CN1CCC(C(F)(F)F)CC1. The minimum Gasteiger partial charge on any atom is -0.389 e. The molecule has 2 nitrogen and oxygen atoms in total. The number of nitrogens with two attached hydrogens (primary N) is 1. The second-order valence-corrected chi connectivity index (χ2v) is 6.04. The van der Waals surface area contributed by atoms with Gasteiger partial charge in [0.1, 0.15) is 4.99 Å². The third-order valence-electron chi connectivity index (χ3n) is 4.07. The van der Waals surface area contributed by atoms with E-state index in [9.17, 15) is 13.2 Å². The van der Waals surface area contributed by atoms with Crippen molar-refractivity contribution in [3.05, 3.63) is 34.9 Å². The average Bonchev–Trinajstić information content (AvgIpc) is 2.40. The highest BCUT2D eigenvalue weighted by Gasteiger charge is 2.40. The van der Waals surface area contributed by atoms with Crippen LogP contribution in [0.4, 0.5) is 13.2 Å². The number of benzene rings is 1. The number of alkyl halides is 3. The van der Waals surface area contributed by atoms with Crippen LogP contribution in [0.3, 0.4) is 0 Å². The summed E-state index contributed by atoms with van der Waals surface area (Å²) in [6.07, 6.45) is -3.68. The fourth-order valence-corrected chi connectivity index (χ4v) is 2.81. The van der Waals surface area contributed by atoms with Crippen molar-refractivity contribution in [2.75, 3.05) is 13.1 Å². The van der Waals surface area contributed by atoms with Crippen molar-refractivity contribution in [1.82, 2.24) is 4.90 Å². The van der Waals surface area contributed by atoms with E-state index in [4.69, 9.17) is 18.0 Å². The summed E-state index contributed by atoms with van der Waals surface area (Å²) in [6, 6.07) is 5.76. The fraction of sp³-hybridized carbons (Fsp3) is 0.533. The normalized spacial score (nSPS) is 17.9. The summed E-state index contributed by atoms with van der Waals surface area (Å²) >= 11 is 4.93. The van der Waals surface area contributed by atoms with Gasteiger partial charge in [0.25, 0.3) is 0 Å². The van der Waals surface area contributed by atoms with E-state index < -0.39 is 12.1 Å².